The van der Waals surface area contributed by atoms with Gasteiger partial charge in [0.15, 0.2) is 5.65 Å². The monoisotopic (exact) mass is 384 g/mol. The summed E-state index contributed by atoms with van der Waals surface area (Å²) in [6.07, 6.45) is 3.74. The van der Waals surface area contributed by atoms with Gasteiger partial charge >= 0.3 is 0 Å². The predicted molar refractivity (Wildman–Crippen MR) is 108 cm³/mol. The Kier molecular flexibility index (Phi) is 5.56. The number of nitrogens with zero attached hydrogens (tertiary/aromatic N) is 5. The van der Waals surface area contributed by atoms with Crippen LogP contribution in [-0.2, 0) is 4.79 Å². The maximum atomic E-state index is 12.2. The van der Waals surface area contributed by atoms with Crippen molar-refractivity contribution in [3.63, 3.8) is 0 Å². The number of rotatable bonds is 6. The van der Waals surface area contributed by atoms with E-state index in [0.29, 0.717) is 17.9 Å². The molecular formula is C19H24N6OS. The first-order valence-corrected chi connectivity index (χ1v) is 10.2. The van der Waals surface area contributed by atoms with Gasteiger partial charge in [-0.25, -0.2) is 9.97 Å². The van der Waals surface area contributed by atoms with Gasteiger partial charge in [-0.1, -0.05) is 11.8 Å². The second-order valence-corrected chi connectivity index (χ2v) is 7.77. The van der Waals surface area contributed by atoms with Crippen LogP contribution in [0.5, 0.6) is 0 Å². The molecule has 0 spiro atoms. The second kappa shape index (κ2) is 8.24. The molecule has 1 amide bonds. The van der Waals surface area contributed by atoms with Crippen LogP contribution in [-0.4, -0.2) is 82.1 Å². The highest BCUT2D eigenvalue weighted by Gasteiger charge is 2.14. The minimum atomic E-state index is 0.0433. The lowest BCUT2D eigenvalue weighted by molar-refractivity contribution is -0.118. The minimum absolute atomic E-state index is 0.0433. The van der Waals surface area contributed by atoms with E-state index in [9.17, 15) is 4.79 Å². The lowest BCUT2D eigenvalue weighted by Gasteiger charge is -2.32. The van der Waals surface area contributed by atoms with Crippen LogP contribution in [0.3, 0.4) is 0 Å². The molecule has 0 aliphatic carbocycles. The molecule has 1 aliphatic rings. The summed E-state index contributed by atoms with van der Waals surface area (Å²) in [5, 5.41) is 3.86. The number of nitrogens with one attached hydrogen (secondary N) is 1. The Morgan fingerprint density at radius 2 is 2.00 bits per heavy atom. The molecule has 3 aromatic rings. The first-order chi connectivity index (χ1) is 13.2. The first-order valence-electron chi connectivity index (χ1n) is 9.23. The van der Waals surface area contributed by atoms with Gasteiger partial charge in [-0.05, 0) is 31.3 Å². The van der Waals surface area contributed by atoms with Gasteiger partial charge in [0.05, 0.1) is 16.8 Å². The van der Waals surface area contributed by atoms with E-state index in [0.717, 1.165) is 48.8 Å². The molecule has 1 aliphatic heterocycles. The van der Waals surface area contributed by atoms with E-state index in [2.05, 4.69) is 36.5 Å². The van der Waals surface area contributed by atoms with Crippen molar-refractivity contribution in [2.45, 2.75) is 5.03 Å². The minimum Gasteiger partial charge on any atom is -0.354 e. The molecule has 0 saturated carbocycles. The number of hydrogen-bond acceptors (Lipinski definition) is 6. The normalized spacial score (nSPS) is 16.2. The van der Waals surface area contributed by atoms with Gasteiger partial charge < -0.3 is 14.6 Å². The fraction of sp³-hybridized carbons (Fsp3) is 0.421. The quantitative estimate of drug-likeness (QED) is 0.647. The molecule has 4 rings (SSSR count). The van der Waals surface area contributed by atoms with Crippen molar-refractivity contribution in [2.75, 3.05) is 52.1 Å². The van der Waals surface area contributed by atoms with E-state index in [-0.39, 0.29) is 5.91 Å². The van der Waals surface area contributed by atoms with E-state index in [1.165, 1.54) is 11.8 Å². The molecule has 27 heavy (non-hydrogen) atoms. The summed E-state index contributed by atoms with van der Waals surface area (Å²) < 4.78 is 2.07. The third-order valence-electron chi connectivity index (χ3n) is 4.89. The number of aromatic nitrogens is 3. The maximum absolute atomic E-state index is 12.2. The largest absolute Gasteiger partial charge is 0.354 e. The second-order valence-electron chi connectivity index (χ2n) is 6.81. The van der Waals surface area contributed by atoms with Gasteiger partial charge in [-0.15, -0.1) is 0 Å². The third kappa shape index (κ3) is 4.23. The Labute approximate surface area is 162 Å². The van der Waals surface area contributed by atoms with Crippen LogP contribution in [0.4, 0.5) is 0 Å². The summed E-state index contributed by atoms with van der Waals surface area (Å²) in [6.45, 7) is 5.93. The zero-order valence-corrected chi connectivity index (χ0v) is 16.3. The smallest absolute Gasteiger partial charge is 0.230 e. The number of fused-ring (bicyclic) bond motifs is 3. The van der Waals surface area contributed by atoms with Crippen molar-refractivity contribution in [3.05, 3.63) is 36.7 Å². The Bertz CT molecular complexity index is 934. The van der Waals surface area contributed by atoms with Crippen LogP contribution in [0.2, 0.25) is 0 Å². The molecule has 7 nitrogen and oxygen atoms in total. The topological polar surface area (TPSA) is 65.8 Å². The number of carbonyl (C=O) groups excluding carboxylic acids is 1. The van der Waals surface area contributed by atoms with Gasteiger partial charge in [-0.3, -0.25) is 9.69 Å². The van der Waals surface area contributed by atoms with Crippen LogP contribution in [0.25, 0.3) is 16.7 Å². The van der Waals surface area contributed by atoms with Crippen molar-refractivity contribution in [1.29, 1.82) is 0 Å². The van der Waals surface area contributed by atoms with E-state index >= 15 is 0 Å². The molecule has 3 aromatic heterocycles. The summed E-state index contributed by atoms with van der Waals surface area (Å²) in [5.74, 6) is 0.399. The number of thioether (sulfide) groups is 1. The van der Waals surface area contributed by atoms with Crippen molar-refractivity contribution < 1.29 is 4.79 Å². The van der Waals surface area contributed by atoms with Gasteiger partial charge in [0.25, 0.3) is 0 Å². The molecule has 0 unspecified atom stereocenters. The first kappa shape index (κ1) is 18.2. The van der Waals surface area contributed by atoms with Crippen molar-refractivity contribution in [3.8, 4) is 0 Å². The highest BCUT2D eigenvalue weighted by atomic mass is 32.2. The highest BCUT2D eigenvalue weighted by molar-refractivity contribution is 8.00. The maximum Gasteiger partial charge on any atom is 0.230 e. The highest BCUT2D eigenvalue weighted by Crippen LogP contribution is 2.25. The number of likely N-dealkylation sites (N-methyl/N-ethyl adjacent to an activating group) is 1. The summed E-state index contributed by atoms with van der Waals surface area (Å²) in [7, 11) is 2.15. The fourth-order valence-electron chi connectivity index (χ4n) is 3.30. The molecule has 1 N–H and O–H groups in total. The average molecular weight is 385 g/mol. The van der Waals surface area contributed by atoms with Crippen LogP contribution in [0.1, 0.15) is 0 Å². The van der Waals surface area contributed by atoms with Crippen LogP contribution in [0, 0.1) is 0 Å². The van der Waals surface area contributed by atoms with Crippen molar-refractivity contribution in [2.24, 2.45) is 0 Å². The Morgan fingerprint density at radius 1 is 1.19 bits per heavy atom. The Hall–Kier alpha value is -2.16. The van der Waals surface area contributed by atoms with E-state index in [1.54, 1.807) is 6.20 Å². The molecule has 0 atom stereocenters. The lowest BCUT2D eigenvalue weighted by atomic mass is 10.3. The van der Waals surface area contributed by atoms with Crippen molar-refractivity contribution >= 4 is 34.3 Å². The number of hydrogen-bond donors (Lipinski definition) is 1. The summed E-state index contributed by atoms with van der Waals surface area (Å²) in [6, 6.07) is 7.92. The van der Waals surface area contributed by atoms with E-state index in [4.69, 9.17) is 0 Å². The SMILES string of the molecule is CN1CCN(CCNC(=O)CSc2nc3ncccc3n3cccc23)CC1. The number of piperazine rings is 1. The molecule has 1 saturated heterocycles. The summed E-state index contributed by atoms with van der Waals surface area (Å²) in [4.78, 5) is 26.0. The van der Waals surface area contributed by atoms with Crippen LogP contribution < -0.4 is 5.32 Å². The molecule has 142 valence electrons. The number of pyridine rings is 1. The molecular weight excluding hydrogens is 360 g/mol. The number of carbonyl (C=O) groups is 1. The Morgan fingerprint density at radius 3 is 2.85 bits per heavy atom. The van der Waals surface area contributed by atoms with Gasteiger partial charge in [0.2, 0.25) is 5.91 Å². The molecule has 0 bridgehead atoms. The summed E-state index contributed by atoms with van der Waals surface area (Å²) >= 11 is 1.46. The van der Waals surface area contributed by atoms with E-state index in [1.807, 2.05) is 30.5 Å². The number of amides is 1. The average Bonchev–Trinajstić information content (AvgIpc) is 3.18. The zero-order valence-electron chi connectivity index (χ0n) is 15.5. The van der Waals surface area contributed by atoms with Gasteiger partial charge in [-0.2, -0.15) is 0 Å². The molecule has 0 aromatic carbocycles. The third-order valence-corrected chi connectivity index (χ3v) is 5.87. The van der Waals surface area contributed by atoms with Crippen molar-refractivity contribution in [1.82, 2.24) is 29.5 Å². The van der Waals surface area contributed by atoms with E-state index < -0.39 is 0 Å². The van der Waals surface area contributed by atoms with Gasteiger partial charge in [0.1, 0.15) is 5.03 Å². The van der Waals surface area contributed by atoms with Crippen LogP contribution in [0.15, 0.2) is 41.7 Å². The zero-order chi connectivity index (χ0) is 18.6. The summed E-state index contributed by atoms with van der Waals surface area (Å²) in [5.41, 5.74) is 2.67. The fourth-order valence-corrected chi connectivity index (χ4v) is 4.13. The molecule has 4 heterocycles. The van der Waals surface area contributed by atoms with Crippen LogP contribution >= 0.6 is 11.8 Å². The standard InChI is InChI=1S/C19H24N6OS/c1-23-10-12-24(13-11-23)9-7-20-17(26)14-27-19-16-5-3-8-25(16)15-4-2-6-21-18(15)22-19/h2-6,8H,7,9-14H2,1H3,(H,20,26). The lowest BCUT2D eigenvalue weighted by Crippen LogP contribution is -2.47. The molecule has 8 heteroatoms. The predicted octanol–water partition coefficient (Wildman–Crippen LogP) is 1.34. The Balaban J connectivity index is 1.33. The molecule has 0 radical (unpaired) electrons. The van der Waals surface area contributed by atoms with Gasteiger partial charge in [0, 0.05) is 51.7 Å². The molecule has 1 fully saturated rings.